The molecule has 0 spiro atoms. The number of methoxy groups -OCH3 is 1. The molecule has 1 amide bonds. The Morgan fingerprint density at radius 1 is 1.60 bits per heavy atom. The van der Waals surface area contributed by atoms with Crippen LogP contribution in [0.5, 0.6) is 5.75 Å². The fraction of sp³-hybridized carbons (Fsp3) is 0.300. The molecule has 1 aromatic rings. The van der Waals surface area contributed by atoms with Crippen LogP contribution in [-0.2, 0) is 11.2 Å². The lowest BCUT2D eigenvalue weighted by Crippen LogP contribution is -2.25. The number of rotatable bonds is 4. The fourth-order valence-corrected chi connectivity index (χ4v) is 1.60. The van der Waals surface area contributed by atoms with Gasteiger partial charge in [0.25, 0.3) is 0 Å². The van der Waals surface area contributed by atoms with Gasteiger partial charge < -0.3 is 10.5 Å². The Labute approximate surface area is 98.1 Å². The van der Waals surface area contributed by atoms with E-state index < -0.39 is 11.3 Å². The van der Waals surface area contributed by atoms with Crippen molar-refractivity contribution in [3.05, 3.63) is 28.8 Å². The monoisotopic (exact) mass is 247 g/mol. The normalized spacial score (nSPS) is 12.2. The first kappa shape index (κ1) is 12.1. The average Bonchev–Trinajstić information content (AvgIpc) is 2.18. The summed E-state index contributed by atoms with van der Waals surface area (Å²) in [7, 11) is 1.54. The number of ether oxygens (including phenoxy) is 1. The molecular weight excluding hydrogens is 237 g/mol. The van der Waals surface area contributed by atoms with Gasteiger partial charge in [0.15, 0.2) is 0 Å². The van der Waals surface area contributed by atoms with Crippen molar-refractivity contribution in [3.8, 4) is 5.75 Å². The van der Waals surface area contributed by atoms with E-state index in [0.717, 1.165) is 5.56 Å². The van der Waals surface area contributed by atoms with Crippen molar-refractivity contribution < 1.29 is 9.53 Å². The highest BCUT2D eigenvalue weighted by molar-refractivity contribution is 6.32. The van der Waals surface area contributed by atoms with Crippen LogP contribution in [0.4, 0.5) is 0 Å². The first-order chi connectivity index (χ1) is 7.04. The van der Waals surface area contributed by atoms with Crippen LogP contribution in [0.3, 0.4) is 0 Å². The smallest absolute Gasteiger partial charge is 0.235 e. The van der Waals surface area contributed by atoms with Crippen LogP contribution in [0.25, 0.3) is 0 Å². The molecule has 2 N–H and O–H groups in total. The van der Waals surface area contributed by atoms with Crippen molar-refractivity contribution in [3.63, 3.8) is 0 Å². The number of nitrogens with two attached hydrogens (primary N) is 1. The van der Waals surface area contributed by atoms with E-state index in [1.54, 1.807) is 18.2 Å². The molecule has 82 valence electrons. The van der Waals surface area contributed by atoms with Crippen molar-refractivity contribution in [2.45, 2.75) is 11.8 Å². The molecule has 0 fully saturated rings. The van der Waals surface area contributed by atoms with Crippen LogP contribution in [0.1, 0.15) is 5.56 Å². The van der Waals surface area contributed by atoms with Gasteiger partial charge in [0.2, 0.25) is 5.91 Å². The minimum Gasteiger partial charge on any atom is -0.495 e. The lowest BCUT2D eigenvalue weighted by molar-refractivity contribution is -0.117. The quantitative estimate of drug-likeness (QED) is 0.828. The highest BCUT2D eigenvalue weighted by Gasteiger charge is 2.12. The first-order valence-electron chi connectivity index (χ1n) is 4.30. The molecule has 0 aliphatic rings. The number of hydrogen-bond donors (Lipinski definition) is 1. The van der Waals surface area contributed by atoms with Crippen LogP contribution < -0.4 is 10.5 Å². The number of hydrogen-bond acceptors (Lipinski definition) is 2. The summed E-state index contributed by atoms with van der Waals surface area (Å²) < 4.78 is 5.00. The number of primary amides is 1. The van der Waals surface area contributed by atoms with Crippen LogP contribution in [0.15, 0.2) is 18.2 Å². The number of carbonyl (C=O) groups is 1. The number of carbonyl (C=O) groups excluding carboxylic acids is 1. The van der Waals surface area contributed by atoms with Crippen molar-refractivity contribution in [2.75, 3.05) is 7.11 Å². The lowest BCUT2D eigenvalue weighted by atomic mass is 10.1. The third kappa shape index (κ3) is 3.29. The Morgan fingerprint density at radius 2 is 2.27 bits per heavy atom. The predicted octanol–water partition coefficient (Wildman–Crippen LogP) is 1.98. The van der Waals surface area contributed by atoms with E-state index in [1.165, 1.54) is 7.11 Å². The maximum atomic E-state index is 10.7. The van der Waals surface area contributed by atoms with Gasteiger partial charge in [0.1, 0.15) is 11.1 Å². The molecule has 0 bridgehead atoms. The lowest BCUT2D eigenvalue weighted by Gasteiger charge is -2.07. The molecule has 3 nitrogen and oxygen atoms in total. The van der Waals surface area contributed by atoms with E-state index in [9.17, 15) is 4.79 Å². The Kier molecular flexibility index (Phi) is 4.24. The highest BCUT2D eigenvalue weighted by Crippen LogP contribution is 2.25. The summed E-state index contributed by atoms with van der Waals surface area (Å²) in [5.74, 6) is 0.0502. The van der Waals surface area contributed by atoms with Gasteiger partial charge in [-0.15, -0.1) is 11.6 Å². The SMILES string of the molecule is COc1ccc(CC(Cl)C(N)=O)cc1Cl. The summed E-state index contributed by atoms with van der Waals surface area (Å²) in [5, 5.41) is -0.224. The molecule has 0 aliphatic heterocycles. The molecule has 0 aromatic heterocycles. The maximum Gasteiger partial charge on any atom is 0.235 e. The second-order valence-corrected chi connectivity index (χ2v) is 3.98. The zero-order valence-electron chi connectivity index (χ0n) is 8.17. The van der Waals surface area contributed by atoms with E-state index in [2.05, 4.69) is 0 Å². The van der Waals surface area contributed by atoms with E-state index >= 15 is 0 Å². The van der Waals surface area contributed by atoms with E-state index in [-0.39, 0.29) is 0 Å². The van der Waals surface area contributed by atoms with Gasteiger partial charge >= 0.3 is 0 Å². The molecule has 0 saturated heterocycles. The minimum absolute atomic E-state index is 0.362. The number of benzene rings is 1. The molecule has 1 rings (SSSR count). The van der Waals surface area contributed by atoms with Crippen molar-refractivity contribution >= 4 is 29.1 Å². The number of halogens is 2. The van der Waals surface area contributed by atoms with Crippen molar-refractivity contribution in [1.82, 2.24) is 0 Å². The second-order valence-electron chi connectivity index (χ2n) is 3.04. The molecule has 0 heterocycles. The van der Waals surface area contributed by atoms with Crippen LogP contribution >= 0.6 is 23.2 Å². The van der Waals surface area contributed by atoms with Gasteiger partial charge in [-0.25, -0.2) is 0 Å². The summed E-state index contributed by atoms with van der Waals surface area (Å²) in [6.07, 6.45) is 0.362. The Hall–Kier alpha value is -0.930. The molecular formula is C10H11Cl2NO2. The number of amides is 1. The van der Waals surface area contributed by atoms with E-state index in [4.69, 9.17) is 33.7 Å². The van der Waals surface area contributed by atoms with Gasteiger partial charge in [0.05, 0.1) is 12.1 Å². The molecule has 15 heavy (non-hydrogen) atoms. The van der Waals surface area contributed by atoms with Crippen LogP contribution in [-0.4, -0.2) is 18.4 Å². The second kappa shape index (κ2) is 5.24. The summed E-state index contributed by atoms with van der Waals surface area (Å²) in [4.78, 5) is 10.7. The topological polar surface area (TPSA) is 52.3 Å². The fourth-order valence-electron chi connectivity index (χ4n) is 1.14. The molecule has 5 heteroatoms. The van der Waals surface area contributed by atoms with Crippen LogP contribution in [0.2, 0.25) is 5.02 Å². The van der Waals surface area contributed by atoms with E-state index in [0.29, 0.717) is 17.2 Å². The van der Waals surface area contributed by atoms with Crippen molar-refractivity contribution in [2.24, 2.45) is 5.73 Å². The molecule has 1 unspecified atom stereocenters. The first-order valence-corrected chi connectivity index (χ1v) is 5.12. The summed E-state index contributed by atoms with van der Waals surface area (Å²) >= 11 is 11.6. The van der Waals surface area contributed by atoms with Gasteiger partial charge in [-0.2, -0.15) is 0 Å². The van der Waals surface area contributed by atoms with Gasteiger partial charge in [-0.3, -0.25) is 4.79 Å². The summed E-state index contributed by atoms with van der Waals surface area (Å²) in [6.45, 7) is 0. The third-order valence-corrected chi connectivity index (χ3v) is 2.60. The van der Waals surface area contributed by atoms with Gasteiger partial charge in [0, 0.05) is 0 Å². The largest absolute Gasteiger partial charge is 0.495 e. The third-order valence-electron chi connectivity index (χ3n) is 1.94. The Bertz CT molecular complexity index is 368. The summed E-state index contributed by atoms with van der Waals surface area (Å²) in [6, 6.07) is 5.23. The van der Waals surface area contributed by atoms with Gasteiger partial charge in [-0.1, -0.05) is 17.7 Å². The predicted molar refractivity (Wildman–Crippen MR) is 60.5 cm³/mol. The number of alkyl halides is 1. The molecule has 0 radical (unpaired) electrons. The molecule has 0 aliphatic carbocycles. The maximum absolute atomic E-state index is 10.7. The summed E-state index contributed by atoms with van der Waals surface area (Å²) in [5.41, 5.74) is 5.90. The highest BCUT2D eigenvalue weighted by atomic mass is 35.5. The van der Waals surface area contributed by atoms with Gasteiger partial charge in [-0.05, 0) is 24.1 Å². The van der Waals surface area contributed by atoms with Crippen molar-refractivity contribution in [1.29, 1.82) is 0 Å². The molecule has 1 aromatic carbocycles. The zero-order chi connectivity index (χ0) is 11.4. The average molecular weight is 248 g/mol. The standard InChI is InChI=1S/C10H11Cl2NO2/c1-15-9-3-2-6(4-7(9)11)5-8(12)10(13)14/h2-4,8H,5H2,1H3,(H2,13,14). The van der Waals surface area contributed by atoms with Crippen LogP contribution in [0, 0.1) is 0 Å². The Morgan fingerprint density at radius 3 is 2.73 bits per heavy atom. The minimum atomic E-state index is -0.713. The zero-order valence-corrected chi connectivity index (χ0v) is 9.68. The molecule has 0 saturated carbocycles. The van der Waals surface area contributed by atoms with E-state index in [1.807, 2.05) is 0 Å². The molecule has 1 atom stereocenters. The Balaban J connectivity index is 2.79.